The number of benzene rings is 1. The first-order valence-corrected chi connectivity index (χ1v) is 9.02. The Morgan fingerprint density at radius 3 is 2.60 bits per heavy atom. The molecule has 1 aromatic carbocycles. The number of aromatic nitrogens is 2. The zero-order valence-electron chi connectivity index (χ0n) is 14.5. The Balaban J connectivity index is 2.33. The molecule has 2 aromatic rings. The van der Waals surface area contributed by atoms with Crippen LogP contribution in [0.2, 0.25) is 0 Å². The molecule has 1 heterocycles. The van der Waals surface area contributed by atoms with Crippen molar-refractivity contribution >= 4 is 20.6 Å². The van der Waals surface area contributed by atoms with E-state index in [2.05, 4.69) is 20.5 Å². The Morgan fingerprint density at radius 2 is 2.00 bits per heavy atom. The monoisotopic (exact) mass is 357 g/mol. The number of nitrogens with zero attached hydrogens (tertiary/aromatic N) is 4. The van der Waals surface area contributed by atoms with E-state index in [0.717, 1.165) is 11.3 Å². The molecule has 1 N–H and O–H groups in total. The van der Waals surface area contributed by atoms with Crippen molar-refractivity contribution < 1.29 is 8.42 Å². The lowest BCUT2D eigenvalue weighted by molar-refractivity contribution is 0.573. The lowest BCUT2D eigenvalue weighted by atomic mass is 10.1. The van der Waals surface area contributed by atoms with E-state index in [4.69, 9.17) is 5.26 Å². The molecule has 7 nitrogen and oxygen atoms in total. The largest absolute Gasteiger partial charge is 0.277 e. The summed E-state index contributed by atoms with van der Waals surface area (Å²) in [6, 6.07) is 10.6. The molecule has 0 fully saturated rings. The molecule has 0 saturated heterocycles. The van der Waals surface area contributed by atoms with Gasteiger partial charge >= 0.3 is 0 Å². The molecule has 2 rings (SSSR count). The van der Waals surface area contributed by atoms with Crippen LogP contribution in [0, 0.1) is 18.3 Å². The van der Waals surface area contributed by atoms with E-state index < -0.39 is 19.6 Å². The SMILES string of the molecule is Cc1nccc(-c2cccc(NN=C(C#N)S(=O)(=O)C(C)(C)C)c2)n1. The lowest BCUT2D eigenvalue weighted by Crippen LogP contribution is -2.34. The van der Waals surface area contributed by atoms with Crippen LogP contribution in [0.3, 0.4) is 0 Å². The Labute approximate surface area is 147 Å². The fraction of sp³-hybridized carbons (Fsp3) is 0.294. The predicted octanol–water partition coefficient (Wildman–Crippen LogP) is 2.91. The minimum absolute atomic E-state index is 0.547. The summed E-state index contributed by atoms with van der Waals surface area (Å²) < 4.78 is 23.5. The van der Waals surface area contributed by atoms with Crippen molar-refractivity contribution in [3.05, 3.63) is 42.4 Å². The van der Waals surface area contributed by atoms with Crippen molar-refractivity contribution in [2.24, 2.45) is 5.10 Å². The van der Waals surface area contributed by atoms with Gasteiger partial charge in [0.05, 0.1) is 16.1 Å². The van der Waals surface area contributed by atoms with Crippen LogP contribution in [0.25, 0.3) is 11.3 Å². The van der Waals surface area contributed by atoms with Crippen LogP contribution in [0.5, 0.6) is 0 Å². The third kappa shape index (κ3) is 4.19. The van der Waals surface area contributed by atoms with Crippen LogP contribution < -0.4 is 5.43 Å². The summed E-state index contributed by atoms with van der Waals surface area (Å²) in [5.74, 6) is 0.650. The number of nitrogens with one attached hydrogen (secondary N) is 1. The third-order valence-electron chi connectivity index (χ3n) is 3.38. The second kappa shape index (κ2) is 6.99. The van der Waals surface area contributed by atoms with E-state index in [1.807, 2.05) is 6.07 Å². The van der Waals surface area contributed by atoms with Gasteiger partial charge in [-0.05, 0) is 45.9 Å². The molecule has 0 saturated carbocycles. The van der Waals surface area contributed by atoms with Crippen molar-refractivity contribution in [2.75, 3.05) is 5.43 Å². The standard InChI is InChI=1S/C17H19N5O2S/c1-12-19-9-8-15(20-12)13-6-5-7-14(10-13)21-22-16(11-18)25(23,24)17(2,3)4/h5-10,21H,1-4H3. The first kappa shape index (κ1) is 18.5. The van der Waals surface area contributed by atoms with Crippen LogP contribution >= 0.6 is 0 Å². The van der Waals surface area contributed by atoms with Gasteiger partial charge in [0.2, 0.25) is 9.84 Å². The summed E-state index contributed by atoms with van der Waals surface area (Å²) >= 11 is 0. The van der Waals surface area contributed by atoms with E-state index in [9.17, 15) is 8.42 Å². The Bertz CT molecular complexity index is 953. The van der Waals surface area contributed by atoms with Gasteiger partial charge in [0, 0.05) is 11.8 Å². The molecular weight excluding hydrogens is 338 g/mol. The second-order valence-corrected chi connectivity index (χ2v) is 8.94. The zero-order valence-corrected chi connectivity index (χ0v) is 15.3. The number of nitriles is 1. The molecule has 0 radical (unpaired) electrons. The Hall–Kier alpha value is -2.79. The van der Waals surface area contributed by atoms with E-state index in [-0.39, 0.29) is 0 Å². The molecule has 8 heteroatoms. The van der Waals surface area contributed by atoms with Crippen molar-refractivity contribution in [3.8, 4) is 17.3 Å². The maximum Gasteiger partial charge on any atom is 0.252 e. The molecule has 0 atom stereocenters. The van der Waals surface area contributed by atoms with Crippen molar-refractivity contribution in [3.63, 3.8) is 0 Å². The number of rotatable bonds is 3. The summed E-state index contributed by atoms with van der Waals surface area (Å²) in [6.45, 7) is 6.36. The van der Waals surface area contributed by atoms with Gasteiger partial charge in [-0.2, -0.15) is 10.4 Å². The van der Waals surface area contributed by atoms with Crippen molar-refractivity contribution in [1.29, 1.82) is 5.26 Å². The van der Waals surface area contributed by atoms with Crippen molar-refractivity contribution in [1.82, 2.24) is 9.97 Å². The highest BCUT2D eigenvalue weighted by Gasteiger charge is 2.34. The van der Waals surface area contributed by atoms with Gasteiger partial charge in [-0.15, -0.1) is 0 Å². The average Bonchev–Trinajstić information content (AvgIpc) is 2.54. The maximum absolute atomic E-state index is 12.3. The predicted molar refractivity (Wildman–Crippen MR) is 97.5 cm³/mol. The highest BCUT2D eigenvalue weighted by molar-refractivity contribution is 8.08. The van der Waals surface area contributed by atoms with E-state index in [0.29, 0.717) is 11.5 Å². The van der Waals surface area contributed by atoms with E-state index >= 15 is 0 Å². The fourth-order valence-electron chi connectivity index (χ4n) is 1.92. The highest BCUT2D eigenvalue weighted by Crippen LogP contribution is 2.21. The topological polar surface area (TPSA) is 108 Å². The van der Waals surface area contributed by atoms with Crippen LogP contribution in [-0.4, -0.2) is 28.2 Å². The molecule has 0 aliphatic carbocycles. The van der Waals surface area contributed by atoms with Crippen LogP contribution in [0.4, 0.5) is 5.69 Å². The molecule has 0 amide bonds. The molecule has 130 valence electrons. The molecule has 0 aliphatic heterocycles. The molecule has 0 bridgehead atoms. The van der Waals surface area contributed by atoms with Gasteiger partial charge in [-0.3, -0.25) is 5.43 Å². The molecular formula is C17H19N5O2S. The molecule has 1 aromatic heterocycles. The first-order chi connectivity index (χ1) is 11.6. The summed E-state index contributed by atoms with van der Waals surface area (Å²) in [4.78, 5) is 8.40. The zero-order chi connectivity index (χ0) is 18.7. The molecule has 0 unspecified atom stereocenters. The summed E-state index contributed by atoms with van der Waals surface area (Å²) in [7, 11) is -3.82. The fourth-order valence-corrected chi connectivity index (χ4v) is 2.78. The van der Waals surface area contributed by atoms with Gasteiger partial charge in [-0.25, -0.2) is 18.4 Å². The quantitative estimate of drug-likeness (QED) is 0.514. The van der Waals surface area contributed by atoms with E-state index in [1.54, 1.807) is 43.5 Å². The van der Waals surface area contributed by atoms with E-state index in [1.165, 1.54) is 20.8 Å². The average molecular weight is 357 g/mol. The van der Waals surface area contributed by atoms with Crippen LogP contribution in [0.1, 0.15) is 26.6 Å². The second-order valence-electron chi connectivity index (χ2n) is 6.33. The van der Waals surface area contributed by atoms with Gasteiger partial charge in [-0.1, -0.05) is 12.1 Å². The number of aryl methyl sites for hydroxylation is 1. The maximum atomic E-state index is 12.3. The number of hydrazone groups is 1. The number of sulfone groups is 1. The number of anilines is 1. The minimum Gasteiger partial charge on any atom is -0.277 e. The lowest BCUT2D eigenvalue weighted by Gasteiger charge is -2.17. The van der Waals surface area contributed by atoms with Gasteiger partial charge in [0.25, 0.3) is 5.04 Å². The van der Waals surface area contributed by atoms with Gasteiger partial charge in [0.1, 0.15) is 11.9 Å². The molecule has 0 spiro atoms. The molecule has 0 aliphatic rings. The molecule has 25 heavy (non-hydrogen) atoms. The number of hydrogen-bond donors (Lipinski definition) is 1. The smallest absolute Gasteiger partial charge is 0.252 e. The first-order valence-electron chi connectivity index (χ1n) is 7.53. The third-order valence-corrected chi connectivity index (χ3v) is 5.68. The van der Waals surface area contributed by atoms with Crippen LogP contribution in [0.15, 0.2) is 41.6 Å². The summed E-state index contributed by atoms with van der Waals surface area (Å²) in [5, 5.41) is 12.4. The number of hydrogen-bond acceptors (Lipinski definition) is 7. The summed E-state index contributed by atoms with van der Waals surface area (Å²) in [6.07, 6.45) is 1.67. The van der Waals surface area contributed by atoms with Gasteiger partial charge in [0.15, 0.2) is 0 Å². The summed E-state index contributed by atoms with van der Waals surface area (Å²) in [5.41, 5.74) is 4.75. The van der Waals surface area contributed by atoms with Crippen molar-refractivity contribution in [2.45, 2.75) is 32.4 Å². The highest BCUT2D eigenvalue weighted by atomic mass is 32.2. The Morgan fingerprint density at radius 1 is 1.28 bits per heavy atom. The Kier molecular flexibility index (Phi) is 5.18. The normalized spacial score (nSPS) is 12.5. The van der Waals surface area contributed by atoms with Gasteiger partial charge < -0.3 is 0 Å². The minimum atomic E-state index is -3.82. The van der Waals surface area contributed by atoms with Crippen LogP contribution in [-0.2, 0) is 9.84 Å².